The molecule has 16 heavy (non-hydrogen) atoms. The second kappa shape index (κ2) is 3.59. The van der Waals surface area contributed by atoms with E-state index in [-0.39, 0.29) is 6.04 Å². The van der Waals surface area contributed by atoms with E-state index in [0.29, 0.717) is 5.41 Å². The van der Waals surface area contributed by atoms with Crippen LogP contribution in [0.3, 0.4) is 0 Å². The van der Waals surface area contributed by atoms with Crippen molar-refractivity contribution in [3.8, 4) is 0 Å². The maximum Gasteiger partial charge on any atom is 0.0352 e. The van der Waals surface area contributed by atoms with Crippen molar-refractivity contribution in [1.82, 2.24) is 0 Å². The van der Waals surface area contributed by atoms with Gasteiger partial charge in [-0.15, -0.1) is 0 Å². The van der Waals surface area contributed by atoms with Crippen LogP contribution >= 0.6 is 0 Å². The van der Waals surface area contributed by atoms with Gasteiger partial charge in [-0.05, 0) is 48.1 Å². The van der Waals surface area contributed by atoms with Crippen molar-refractivity contribution in [3.63, 3.8) is 0 Å². The summed E-state index contributed by atoms with van der Waals surface area (Å²) in [5.74, 6) is 0.796. The molecular weight excluding hydrogens is 194 g/mol. The minimum atomic E-state index is 0.254. The van der Waals surface area contributed by atoms with Crippen LogP contribution < -0.4 is 5.73 Å². The average molecular weight is 215 g/mol. The zero-order valence-corrected chi connectivity index (χ0v) is 10.1. The molecule has 0 spiro atoms. The molecule has 1 atom stereocenters. The minimum Gasteiger partial charge on any atom is -0.323 e. The Morgan fingerprint density at radius 2 is 1.94 bits per heavy atom. The van der Waals surface area contributed by atoms with Crippen LogP contribution in [0, 0.1) is 5.41 Å². The monoisotopic (exact) mass is 215 g/mol. The van der Waals surface area contributed by atoms with Gasteiger partial charge in [-0.3, -0.25) is 0 Å². The van der Waals surface area contributed by atoms with Crippen LogP contribution in [0.25, 0.3) is 0 Å². The van der Waals surface area contributed by atoms with Crippen molar-refractivity contribution >= 4 is 0 Å². The lowest BCUT2D eigenvalue weighted by Crippen LogP contribution is -2.23. The first-order valence-corrected chi connectivity index (χ1v) is 6.55. The topological polar surface area (TPSA) is 26.0 Å². The highest BCUT2D eigenvalue weighted by atomic mass is 14.7. The molecule has 0 amide bonds. The van der Waals surface area contributed by atoms with E-state index in [4.69, 9.17) is 5.73 Å². The molecule has 1 nitrogen and oxygen atoms in total. The number of hydrogen-bond acceptors (Lipinski definition) is 1. The zero-order chi connectivity index (χ0) is 11.2. The van der Waals surface area contributed by atoms with Gasteiger partial charge in [0.2, 0.25) is 0 Å². The summed E-state index contributed by atoms with van der Waals surface area (Å²) in [5.41, 5.74) is 9.80. The van der Waals surface area contributed by atoms with Crippen molar-refractivity contribution in [2.45, 2.75) is 51.0 Å². The minimum absolute atomic E-state index is 0.254. The molecule has 3 rings (SSSR count). The fourth-order valence-corrected chi connectivity index (χ4v) is 2.77. The van der Waals surface area contributed by atoms with Gasteiger partial charge in [0.05, 0.1) is 0 Å². The Bertz CT molecular complexity index is 388. The predicted molar refractivity (Wildman–Crippen MR) is 67.3 cm³/mol. The van der Waals surface area contributed by atoms with E-state index in [1.54, 1.807) is 0 Å². The summed E-state index contributed by atoms with van der Waals surface area (Å²) in [6, 6.07) is 9.11. The van der Waals surface area contributed by atoms with E-state index in [1.807, 2.05) is 0 Å². The third kappa shape index (κ3) is 1.58. The molecular formula is C15H21N. The van der Waals surface area contributed by atoms with Crippen LogP contribution in [-0.4, -0.2) is 0 Å². The average Bonchev–Trinajstić information content (AvgIpc) is 2.95. The summed E-state index contributed by atoms with van der Waals surface area (Å²) in [5, 5.41) is 0. The van der Waals surface area contributed by atoms with Crippen molar-refractivity contribution in [2.75, 3.05) is 0 Å². The molecule has 2 aliphatic rings. The molecule has 0 aliphatic heterocycles. The molecule has 0 aromatic heterocycles. The van der Waals surface area contributed by atoms with E-state index >= 15 is 0 Å². The van der Waals surface area contributed by atoms with Crippen LogP contribution in [0.5, 0.6) is 0 Å². The van der Waals surface area contributed by atoms with E-state index in [2.05, 4.69) is 31.2 Å². The van der Waals surface area contributed by atoms with Crippen molar-refractivity contribution < 1.29 is 0 Å². The van der Waals surface area contributed by atoms with E-state index in [1.165, 1.54) is 43.2 Å². The van der Waals surface area contributed by atoms with Gasteiger partial charge in [-0.1, -0.05) is 37.6 Å². The molecule has 0 saturated heterocycles. The molecule has 0 bridgehead atoms. The quantitative estimate of drug-likeness (QED) is 0.816. The highest BCUT2D eigenvalue weighted by Crippen LogP contribution is 2.54. The molecule has 2 aliphatic carbocycles. The molecule has 1 aromatic carbocycles. The smallest absolute Gasteiger partial charge is 0.0352 e. The zero-order valence-electron chi connectivity index (χ0n) is 10.1. The first-order chi connectivity index (χ1) is 7.71. The second-order valence-corrected chi connectivity index (χ2v) is 5.89. The SMILES string of the molecule is CC1(C(N)c2ccccc2C2CCC2)CC1. The molecule has 1 unspecified atom stereocenters. The van der Waals surface area contributed by atoms with Gasteiger partial charge in [0.25, 0.3) is 0 Å². The van der Waals surface area contributed by atoms with Crippen LogP contribution in [-0.2, 0) is 0 Å². The van der Waals surface area contributed by atoms with Gasteiger partial charge < -0.3 is 5.73 Å². The Balaban J connectivity index is 1.92. The molecule has 1 heteroatoms. The Morgan fingerprint density at radius 3 is 2.50 bits per heavy atom. The number of rotatable bonds is 3. The summed E-state index contributed by atoms with van der Waals surface area (Å²) < 4.78 is 0. The summed E-state index contributed by atoms with van der Waals surface area (Å²) in [6.07, 6.45) is 6.72. The van der Waals surface area contributed by atoms with Gasteiger partial charge in [-0.2, -0.15) is 0 Å². The highest BCUT2D eigenvalue weighted by Gasteiger charge is 2.44. The van der Waals surface area contributed by atoms with Crippen LogP contribution in [0.15, 0.2) is 24.3 Å². The molecule has 0 radical (unpaired) electrons. The van der Waals surface area contributed by atoms with Gasteiger partial charge in [0.1, 0.15) is 0 Å². The largest absolute Gasteiger partial charge is 0.323 e. The third-order valence-corrected chi connectivity index (χ3v) is 4.67. The van der Waals surface area contributed by atoms with Gasteiger partial charge >= 0.3 is 0 Å². The van der Waals surface area contributed by atoms with Crippen molar-refractivity contribution in [2.24, 2.45) is 11.1 Å². The molecule has 2 N–H and O–H groups in total. The predicted octanol–water partition coefficient (Wildman–Crippen LogP) is 3.75. The third-order valence-electron chi connectivity index (χ3n) is 4.67. The first-order valence-electron chi connectivity index (χ1n) is 6.55. The van der Waals surface area contributed by atoms with Gasteiger partial charge in [0, 0.05) is 6.04 Å². The van der Waals surface area contributed by atoms with E-state index in [0.717, 1.165) is 5.92 Å². The molecule has 0 heterocycles. The molecule has 2 saturated carbocycles. The Morgan fingerprint density at radius 1 is 1.25 bits per heavy atom. The van der Waals surface area contributed by atoms with Crippen LogP contribution in [0.1, 0.15) is 62.1 Å². The summed E-state index contributed by atoms with van der Waals surface area (Å²) in [7, 11) is 0. The van der Waals surface area contributed by atoms with E-state index < -0.39 is 0 Å². The fourth-order valence-electron chi connectivity index (χ4n) is 2.77. The Hall–Kier alpha value is -0.820. The number of nitrogens with two attached hydrogens (primary N) is 1. The maximum atomic E-state index is 6.45. The molecule has 1 aromatic rings. The summed E-state index contributed by atoms with van der Waals surface area (Å²) in [4.78, 5) is 0. The Kier molecular flexibility index (Phi) is 2.32. The lowest BCUT2D eigenvalue weighted by atomic mass is 9.75. The Labute approximate surface area is 98.0 Å². The van der Waals surface area contributed by atoms with Gasteiger partial charge in [-0.25, -0.2) is 0 Å². The molecule has 86 valence electrons. The molecule has 2 fully saturated rings. The lowest BCUT2D eigenvalue weighted by molar-refractivity contribution is 0.400. The van der Waals surface area contributed by atoms with Gasteiger partial charge in [0.15, 0.2) is 0 Å². The van der Waals surface area contributed by atoms with Crippen LogP contribution in [0.2, 0.25) is 0 Å². The normalized spacial score (nSPS) is 24.9. The number of benzene rings is 1. The van der Waals surface area contributed by atoms with Crippen molar-refractivity contribution in [1.29, 1.82) is 0 Å². The van der Waals surface area contributed by atoms with Crippen molar-refractivity contribution in [3.05, 3.63) is 35.4 Å². The maximum absolute atomic E-state index is 6.45. The standard InChI is InChI=1S/C15H21N/c1-15(9-10-15)14(16)13-8-3-2-7-12(13)11-5-4-6-11/h2-3,7-8,11,14H,4-6,9-10,16H2,1H3. The summed E-state index contributed by atoms with van der Waals surface area (Å²) in [6.45, 7) is 2.33. The fraction of sp³-hybridized carbons (Fsp3) is 0.600. The second-order valence-electron chi connectivity index (χ2n) is 5.89. The highest BCUT2D eigenvalue weighted by molar-refractivity contribution is 5.36. The van der Waals surface area contributed by atoms with E-state index in [9.17, 15) is 0 Å². The first kappa shape index (κ1) is 10.3. The number of hydrogen-bond donors (Lipinski definition) is 1. The van der Waals surface area contributed by atoms with Crippen LogP contribution in [0.4, 0.5) is 0 Å². The summed E-state index contributed by atoms with van der Waals surface area (Å²) >= 11 is 0. The lowest BCUT2D eigenvalue weighted by Gasteiger charge is -2.31.